The van der Waals surface area contributed by atoms with Crippen molar-refractivity contribution in [2.45, 2.75) is 6.92 Å². The van der Waals surface area contributed by atoms with Crippen LogP contribution >= 0.6 is 11.6 Å². The zero-order valence-corrected chi connectivity index (χ0v) is 13.5. The number of carboxylic acids is 1. The van der Waals surface area contributed by atoms with Crippen molar-refractivity contribution in [1.82, 2.24) is 0 Å². The Labute approximate surface area is 142 Å². The molecule has 0 bridgehead atoms. The molecule has 5 heteroatoms. The third kappa shape index (κ3) is 2.61. The molecule has 0 saturated heterocycles. The Morgan fingerprint density at radius 3 is 2.21 bits per heavy atom. The Bertz CT molecular complexity index is 987. The van der Waals surface area contributed by atoms with Crippen molar-refractivity contribution in [2.24, 2.45) is 0 Å². The number of fused-ring (bicyclic) bond motifs is 1. The van der Waals surface area contributed by atoms with E-state index in [2.05, 4.69) is 0 Å². The summed E-state index contributed by atoms with van der Waals surface area (Å²) in [5, 5.41) is 20.9. The van der Waals surface area contributed by atoms with E-state index < -0.39 is 11.8 Å². The normalized spacial score (nSPS) is 10.8. The van der Waals surface area contributed by atoms with Crippen LogP contribution in [-0.4, -0.2) is 22.0 Å². The molecule has 0 spiro atoms. The highest BCUT2D eigenvalue weighted by atomic mass is 35.5. The smallest absolute Gasteiger partial charge is 0.336 e. The summed E-state index contributed by atoms with van der Waals surface area (Å²) in [5.41, 5.74) is 0.933. The Kier molecular flexibility index (Phi) is 3.99. The molecule has 0 aliphatic heterocycles. The topological polar surface area (TPSA) is 74.6 Å². The molecule has 0 radical (unpaired) electrons. The summed E-state index contributed by atoms with van der Waals surface area (Å²) in [7, 11) is 0. The zero-order valence-electron chi connectivity index (χ0n) is 12.7. The van der Waals surface area contributed by atoms with Gasteiger partial charge >= 0.3 is 5.97 Å². The number of rotatable bonds is 3. The van der Waals surface area contributed by atoms with Crippen LogP contribution in [0.1, 0.15) is 31.8 Å². The van der Waals surface area contributed by atoms with E-state index in [-0.39, 0.29) is 22.4 Å². The molecular weight excluding hydrogens is 328 g/mol. The average Bonchev–Trinajstić information content (AvgIpc) is 2.56. The second kappa shape index (κ2) is 5.98. The summed E-state index contributed by atoms with van der Waals surface area (Å²) in [5.74, 6) is -1.78. The van der Waals surface area contributed by atoms with Crippen molar-refractivity contribution < 1.29 is 19.8 Å². The summed E-state index contributed by atoms with van der Waals surface area (Å²) in [6.45, 7) is 1.72. The molecule has 2 N–H and O–H groups in total. The van der Waals surface area contributed by atoms with Crippen molar-refractivity contribution in [2.75, 3.05) is 0 Å². The highest BCUT2D eigenvalue weighted by molar-refractivity contribution is 6.32. The molecule has 0 aromatic heterocycles. The van der Waals surface area contributed by atoms with Gasteiger partial charge in [0.1, 0.15) is 5.75 Å². The summed E-state index contributed by atoms with van der Waals surface area (Å²) in [6, 6.07) is 12.6. The molecule has 0 aliphatic carbocycles. The number of carboxylic acid groups (broad SMARTS) is 1. The lowest BCUT2D eigenvalue weighted by Crippen LogP contribution is -2.06. The van der Waals surface area contributed by atoms with Crippen LogP contribution in [0.5, 0.6) is 5.75 Å². The molecule has 0 unspecified atom stereocenters. The van der Waals surface area contributed by atoms with E-state index in [4.69, 9.17) is 11.6 Å². The molecule has 0 atom stereocenters. The minimum atomic E-state index is -1.12. The summed E-state index contributed by atoms with van der Waals surface area (Å²) < 4.78 is 0. The minimum Gasteiger partial charge on any atom is -0.507 e. The number of aromatic carboxylic acids is 1. The number of halogens is 1. The van der Waals surface area contributed by atoms with Gasteiger partial charge in [0.15, 0.2) is 5.78 Å². The molecule has 3 rings (SSSR count). The van der Waals surface area contributed by atoms with E-state index in [1.807, 2.05) is 0 Å². The predicted molar refractivity (Wildman–Crippen MR) is 92.2 cm³/mol. The van der Waals surface area contributed by atoms with Gasteiger partial charge in [0.05, 0.1) is 11.1 Å². The van der Waals surface area contributed by atoms with Crippen LogP contribution in [0.3, 0.4) is 0 Å². The van der Waals surface area contributed by atoms with Gasteiger partial charge in [0, 0.05) is 16.0 Å². The molecule has 3 aromatic rings. The fraction of sp³-hybridized carbons (Fsp3) is 0.0526. The molecule has 3 aromatic carbocycles. The van der Waals surface area contributed by atoms with Gasteiger partial charge in [-0.1, -0.05) is 41.9 Å². The maximum absolute atomic E-state index is 12.9. The Morgan fingerprint density at radius 1 is 0.958 bits per heavy atom. The van der Waals surface area contributed by atoms with Crippen LogP contribution < -0.4 is 0 Å². The van der Waals surface area contributed by atoms with E-state index in [9.17, 15) is 19.8 Å². The highest BCUT2D eigenvalue weighted by Crippen LogP contribution is 2.31. The summed E-state index contributed by atoms with van der Waals surface area (Å²) >= 11 is 6.06. The maximum Gasteiger partial charge on any atom is 0.336 e. The van der Waals surface area contributed by atoms with Crippen LogP contribution in [0, 0.1) is 6.92 Å². The maximum atomic E-state index is 12.9. The molecule has 120 valence electrons. The second-order valence-corrected chi connectivity index (χ2v) is 5.87. The third-order valence-electron chi connectivity index (χ3n) is 3.90. The third-order valence-corrected chi connectivity index (χ3v) is 4.31. The largest absolute Gasteiger partial charge is 0.507 e. The molecule has 0 amide bonds. The highest BCUT2D eigenvalue weighted by Gasteiger charge is 2.20. The van der Waals surface area contributed by atoms with Crippen molar-refractivity contribution >= 4 is 34.1 Å². The molecular formula is C19H13ClO4. The van der Waals surface area contributed by atoms with Crippen molar-refractivity contribution in [3.05, 3.63) is 75.8 Å². The van der Waals surface area contributed by atoms with Gasteiger partial charge in [-0.25, -0.2) is 4.79 Å². The molecule has 0 aliphatic rings. The van der Waals surface area contributed by atoms with Gasteiger partial charge in [0.2, 0.25) is 0 Å². The first-order valence-corrected chi connectivity index (χ1v) is 7.57. The van der Waals surface area contributed by atoms with Crippen LogP contribution in [0.2, 0.25) is 5.02 Å². The van der Waals surface area contributed by atoms with Crippen LogP contribution in [0.4, 0.5) is 0 Å². The number of benzene rings is 3. The summed E-state index contributed by atoms with van der Waals surface area (Å²) in [4.78, 5) is 24.4. The Morgan fingerprint density at radius 2 is 1.58 bits per heavy atom. The zero-order chi connectivity index (χ0) is 17.4. The standard InChI is InChI=1S/C19H13ClO4/c1-10-8-16(21)14(9-15(10)20)18(22)12-6-2-4-11-5-3-7-13(17(11)12)19(23)24/h2-9,21H,1H3,(H,23,24). The van der Waals surface area contributed by atoms with E-state index in [0.29, 0.717) is 21.4 Å². The Hall–Kier alpha value is -2.85. The first-order valence-electron chi connectivity index (χ1n) is 7.19. The average molecular weight is 341 g/mol. The number of phenolic OH excluding ortho intramolecular Hbond substituents is 1. The molecule has 24 heavy (non-hydrogen) atoms. The molecule has 0 heterocycles. The fourth-order valence-electron chi connectivity index (χ4n) is 2.70. The van der Waals surface area contributed by atoms with Gasteiger partial charge in [0.25, 0.3) is 0 Å². The quantitative estimate of drug-likeness (QED) is 0.691. The van der Waals surface area contributed by atoms with Crippen LogP contribution in [0.15, 0.2) is 48.5 Å². The van der Waals surface area contributed by atoms with Gasteiger partial charge in [-0.05, 0) is 36.1 Å². The Balaban J connectivity index is 2.29. The monoisotopic (exact) mass is 340 g/mol. The van der Waals surface area contributed by atoms with Crippen molar-refractivity contribution in [3.8, 4) is 5.75 Å². The van der Waals surface area contributed by atoms with Gasteiger partial charge in [-0.2, -0.15) is 0 Å². The fourth-order valence-corrected chi connectivity index (χ4v) is 2.87. The lowest BCUT2D eigenvalue weighted by molar-refractivity contribution is 0.0699. The minimum absolute atomic E-state index is 0.0362. The number of aryl methyl sites for hydroxylation is 1. The van der Waals surface area contributed by atoms with E-state index >= 15 is 0 Å². The molecule has 4 nitrogen and oxygen atoms in total. The number of phenols is 1. The van der Waals surface area contributed by atoms with E-state index in [1.165, 1.54) is 18.2 Å². The van der Waals surface area contributed by atoms with Gasteiger partial charge in [-0.15, -0.1) is 0 Å². The number of carbonyl (C=O) groups is 2. The SMILES string of the molecule is Cc1cc(O)c(C(=O)c2cccc3cccc(C(=O)O)c23)cc1Cl. The lowest BCUT2D eigenvalue weighted by Gasteiger charge is -2.11. The number of hydrogen-bond donors (Lipinski definition) is 2. The first-order chi connectivity index (χ1) is 11.4. The number of ketones is 1. The predicted octanol–water partition coefficient (Wildman–Crippen LogP) is 4.44. The van der Waals surface area contributed by atoms with Gasteiger partial charge in [-0.3, -0.25) is 4.79 Å². The first kappa shape index (κ1) is 16.0. The van der Waals surface area contributed by atoms with Crippen molar-refractivity contribution in [1.29, 1.82) is 0 Å². The van der Waals surface area contributed by atoms with E-state index in [1.54, 1.807) is 37.3 Å². The van der Waals surface area contributed by atoms with E-state index in [0.717, 1.165) is 0 Å². The van der Waals surface area contributed by atoms with Crippen molar-refractivity contribution in [3.63, 3.8) is 0 Å². The molecule has 0 saturated carbocycles. The number of hydrogen-bond acceptors (Lipinski definition) is 3. The summed E-state index contributed by atoms with van der Waals surface area (Å²) in [6.07, 6.45) is 0. The number of aromatic hydroxyl groups is 1. The van der Waals surface area contributed by atoms with Crippen LogP contribution in [-0.2, 0) is 0 Å². The molecule has 0 fully saturated rings. The lowest BCUT2D eigenvalue weighted by atomic mass is 9.93. The van der Waals surface area contributed by atoms with Gasteiger partial charge < -0.3 is 10.2 Å². The van der Waals surface area contributed by atoms with Crippen LogP contribution in [0.25, 0.3) is 10.8 Å². The number of carbonyl (C=O) groups excluding carboxylic acids is 1. The second-order valence-electron chi connectivity index (χ2n) is 5.46.